The average Bonchev–Trinajstić information content (AvgIpc) is 3.25. The van der Waals surface area contributed by atoms with Gasteiger partial charge in [0.1, 0.15) is 5.75 Å². The molecule has 0 amide bonds. The van der Waals surface area contributed by atoms with Crippen LogP contribution in [0.15, 0.2) is 41.3 Å². The quantitative estimate of drug-likeness (QED) is 0.754. The van der Waals surface area contributed by atoms with Gasteiger partial charge in [0.25, 0.3) is 0 Å². The standard InChI is InChI=1S/C19H26N2O3S/c1-24-18-4-6-19(7-5-18)25(22,23)21-10-8-20(9-11-21)14-17-13-15-2-3-16(17)12-15/h2-7,15-17H,8-14H2,1H3/t15-,16+,17+/m1/s1. The van der Waals surface area contributed by atoms with E-state index in [4.69, 9.17) is 4.74 Å². The molecule has 136 valence electrons. The zero-order chi connectivity index (χ0) is 17.4. The van der Waals surface area contributed by atoms with Crippen molar-refractivity contribution in [2.45, 2.75) is 17.7 Å². The summed E-state index contributed by atoms with van der Waals surface area (Å²) in [6, 6.07) is 6.65. The minimum atomic E-state index is -3.41. The molecule has 1 aromatic carbocycles. The SMILES string of the molecule is COc1ccc(S(=O)(=O)N2CCN(C[C@@H]3C[C@@H]4C=C[C@H]3C4)CC2)cc1. The topological polar surface area (TPSA) is 49.9 Å². The number of piperazine rings is 1. The number of methoxy groups -OCH3 is 1. The number of allylic oxidation sites excluding steroid dienone is 2. The van der Waals surface area contributed by atoms with Crippen LogP contribution >= 0.6 is 0 Å². The van der Waals surface area contributed by atoms with Crippen LogP contribution in [0, 0.1) is 17.8 Å². The first-order chi connectivity index (χ1) is 12.1. The highest BCUT2D eigenvalue weighted by atomic mass is 32.2. The van der Waals surface area contributed by atoms with Crippen LogP contribution in [-0.2, 0) is 10.0 Å². The molecule has 0 radical (unpaired) electrons. The van der Waals surface area contributed by atoms with Crippen LogP contribution in [0.2, 0.25) is 0 Å². The Morgan fingerprint density at radius 3 is 2.32 bits per heavy atom. The lowest BCUT2D eigenvalue weighted by atomic mass is 9.93. The van der Waals surface area contributed by atoms with Gasteiger partial charge in [-0.2, -0.15) is 4.31 Å². The number of fused-ring (bicyclic) bond motifs is 2. The summed E-state index contributed by atoms with van der Waals surface area (Å²) in [6.45, 7) is 3.91. The fourth-order valence-electron chi connectivity index (χ4n) is 4.49. The molecule has 1 heterocycles. The van der Waals surface area contributed by atoms with Crippen molar-refractivity contribution < 1.29 is 13.2 Å². The molecule has 6 heteroatoms. The highest BCUT2D eigenvalue weighted by Gasteiger charge is 2.37. The zero-order valence-corrected chi connectivity index (χ0v) is 15.5. The Hall–Kier alpha value is -1.37. The third-order valence-corrected chi connectivity index (χ3v) is 7.85. The van der Waals surface area contributed by atoms with Crippen molar-refractivity contribution in [2.24, 2.45) is 17.8 Å². The second kappa shape index (κ2) is 6.74. The highest BCUT2D eigenvalue weighted by Crippen LogP contribution is 2.43. The number of benzene rings is 1. The first kappa shape index (κ1) is 17.1. The predicted molar refractivity (Wildman–Crippen MR) is 97.0 cm³/mol. The Balaban J connectivity index is 1.35. The van der Waals surface area contributed by atoms with Gasteiger partial charge in [-0.05, 0) is 54.9 Å². The maximum absolute atomic E-state index is 12.8. The molecule has 1 saturated heterocycles. The third kappa shape index (κ3) is 3.35. The monoisotopic (exact) mass is 362 g/mol. The molecule has 1 aromatic rings. The van der Waals surface area contributed by atoms with Crippen molar-refractivity contribution in [3.63, 3.8) is 0 Å². The Kier molecular flexibility index (Phi) is 4.60. The fraction of sp³-hybridized carbons (Fsp3) is 0.579. The van der Waals surface area contributed by atoms with Crippen LogP contribution in [0.3, 0.4) is 0 Å². The second-order valence-electron chi connectivity index (χ2n) is 7.42. The summed E-state index contributed by atoms with van der Waals surface area (Å²) in [7, 11) is -1.83. The summed E-state index contributed by atoms with van der Waals surface area (Å²) < 4.78 is 32.3. The number of ether oxygens (including phenoxy) is 1. The summed E-state index contributed by atoms with van der Waals surface area (Å²) in [5.74, 6) is 2.99. The third-order valence-electron chi connectivity index (χ3n) is 5.94. The van der Waals surface area contributed by atoms with Crippen LogP contribution in [0.4, 0.5) is 0 Å². The Labute approximate surface area is 150 Å². The van der Waals surface area contributed by atoms with Crippen LogP contribution in [0.1, 0.15) is 12.8 Å². The van der Waals surface area contributed by atoms with E-state index < -0.39 is 10.0 Å². The molecule has 1 saturated carbocycles. The molecule has 3 atom stereocenters. The van der Waals surface area contributed by atoms with Gasteiger partial charge in [0, 0.05) is 32.7 Å². The molecular formula is C19H26N2O3S. The number of hydrogen-bond acceptors (Lipinski definition) is 4. The molecule has 2 bridgehead atoms. The summed E-state index contributed by atoms with van der Waals surface area (Å²) in [5.41, 5.74) is 0. The number of nitrogens with zero attached hydrogens (tertiary/aromatic N) is 2. The lowest BCUT2D eigenvalue weighted by Gasteiger charge is -2.36. The van der Waals surface area contributed by atoms with E-state index in [1.54, 1.807) is 35.7 Å². The van der Waals surface area contributed by atoms with Crippen molar-refractivity contribution in [3.05, 3.63) is 36.4 Å². The normalized spacial score (nSPS) is 30.0. The van der Waals surface area contributed by atoms with Gasteiger partial charge in [0.2, 0.25) is 10.0 Å². The molecular weight excluding hydrogens is 336 g/mol. The molecule has 25 heavy (non-hydrogen) atoms. The van der Waals surface area contributed by atoms with E-state index in [2.05, 4.69) is 17.1 Å². The summed E-state index contributed by atoms with van der Waals surface area (Å²) >= 11 is 0. The Morgan fingerprint density at radius 1 is 1.04 bits per heavy atom. The lowest BCUT2D eigenvalue weighted by molar-refractivity contribution is 0.156. The molecule has 0 unspecified atom stereocenters. The molecule has 2 fully saturated rings. The average molecular weight is 362 g/mol. The van der Waals surface area contributed by atoms with Gasteiger partial charge in [-0.3, -0.25) is 0 Å². The highest BCUT2D eigenvalue weighted by molar-refractivity contribution is 7.89. The smallest absolute Gasteiger partial charge is 0.243 e. The van der Waals surface area contributed by atoms with E-state index in [9.17, 15) is 8.42 Å². The van der Waals surface area contributed by atoms with E-state index >= 15 is 0 Å². The zero-order valence-electron chi connectivity index (χ0n) is 14.7. The van der Waals surface area contributed by atoms with Gasteiger partial charge >= 0.3 is 0 Å². The van der Waals surface area contributed by atoms with Crippen LogP contribution in [0.25, 0.3) is 0 Å². The fourth-order valence-corrected chi connectivity index (χ4v) is 5.91. The minimum Gasteiger partial charge on any atom is -0.497 e. The van der Waals surface area contributed by atoms with E-state index in [0.717, 1.165) is 37.4 Å². The Morgan fingerprint density at radius 2 is 1.76 bits per heavy atom. The van der Waals surface area contributed by atoms with Gasteiger partial charge in [-0.25, -0.2) is 8.42 Å². The predicted octanol–water partition coefficient (Wildman–Crippen LogP) is 2.21. The Bertz CT molecular complexity index is 736. The molecule has 3 aliphatic rings. The molecule has 0 spiro atoms. The van der Waals surface area contributed by atoms with E-state index in [1.807, 2.05) is 0 Å². The van der Waals surface area contributed by atoms with E-state index in [-0.39, 0.29) is 0 Å². The van der Waals surface area contributed by atoms with Crippen LogP contribution in [-0.4, -0.2) is 57.5 Å². The molecule has 0 N–H and O–H groups in total. The van der Waals surface area contributed by atoms with Gasteiger partial charge < -0.3 is 9.64 Å². The maximum atomic E-state index is 12.8. The first-order valence-electron chi connectivity index (χ1n) is 9.11. The summed E-state index contributed by atoms with van der Waals surface area (Å²) in [6.07, 6.45) is 7.41. The number of sulfonamides is 1. The van der Waals surface area contributed by atoms with E-state index in [1.165, 1.54) is 12.8 Å². The molecule has 1 aliphatic heterocycles. The summed E-state index contributed by atoms with van der Waals surface area (Å²) in [5, 5.41) is 0. The van der Waals surface area contributed by atoms with Crippen molar-refractivity contribution in [1.29, 1.82) is 0 Å². The summed E-state index contributed by atoms with van der Waals surface area (Å²) in [4.78, 5) is 2.79. The molecule has 0 aromatic heterocycles. The maximum Gasteiger partial charge on any atom is 0.243 e. The largest absolute Gasteiger partial charge is 0.497 e. The molecule has 4 rings (SSSR count). The second-order valence-corrected chi connectivity index (χ2v) is 9.36. The lowest BCUT2D eigenvalue weighted by Crippen LogP contribution is -2.49. The van der Waals surface area contributed by atoms with Gasteiger partial charge in [-0.15, -0.1) is 0 Å². The van der Waals surface area contributed by atoms with Crippen LogP contribution in [0.5, 0.6) is 5.75 Å². The van der Waals surface area contributed by atoms with Crippen molar-refractivity contribution in [3.8, 4) is 5.75 Å². The molecule has 5 nitrogen and oxygen atoms in total. The van der Waals surface area contributed by atoms with Crippen molar-refractivity contribution in [2.75, 3.05) is 39.8 Å². The van der Waals surface area contributed by atoms with E-state index in [0.29, 0.717) is 23.7 Å². The first-order valence-corrected chi connectivity index (χ1v) is 10.5. The van der Waals surface area contributed by atoms with Crippen LogP contribution < -0.4 is 4.74 Å². The van der Waals surface area contributed by atoms with Crippen molar-refractivity contribution in [1.82, 2.24) is 9.21 Å². The van der Waals surface area contributed by atoms with Crippen molar-refractivity contribution >= 4 is 10.0 Å². The van der Waals surface area contributed by atoms with Gasteiger partial charge in [0.05, 0.1) is 12.0 Å². The number of rotatable bonds is 5. The number of hydrogen-bond donors (Lipinski definition) is 0. The van der Waals surface area contributed by atoms with Gasteiger partial charge in [-0.1, -0.05) is 12.2 Å². The van der Waals surface area contributed by atoms with Gasteiger partial charge in [0.15, 0.2) is 0 Å². The minimum absolute atomic E-state index is 0.347. The molecule has 2 aliphatic carbocycles.